The van der Waals surface area contributed by atoms with Crippen LogP contribution in [0.4, 0.5) is 17.3 Å². The van der Waals surface area contributed by atoms with Gasteiger partial charge in [0.25, 0.3) is 0 Å². The number of benzene rings is 1. The maximum Gasteiger partial charge on any atom is 0.154 e. The monoisotopic (exact) mass is 292 g/mol. The molecule has 0 aliphatic heterocycles. The van der Waals surface area contributed by atoms with Crippen molar-refractivity contribution in [3.8, 4) is 5.75 Å². The second-order valence-electron chi connectivity index (χ2n) is 4.41. The van der Waals surface area contributed by atoms with Gasteiger partial charge in [-0.15, -0.1) is 0 Å². The smallest absolute Gasteiger partial charge is 0.154 e. The van der Waals surface area contributed by atoms with Crippen LogP contribution in [0.15, 0.2) is 30.6 Å². The minimum atomic E-state index is 0.170. The Balaban J connectivity index is 2.17. The van der Waals surface area contributed by atoms with Gasteiger partial charge in [-0.2, -0.15) is 0 Å². The van der Waals surface area contributed by atoms with Crippen molar-refractivity contribution in [2.45, 2.75) is 26.4 Å². The van der Waals surface area contributed by atoms with Gasteiger partial charge in [0.2, 0.25) is 0 Å². The average molecular weight is 293 g/mol. The molecule has 0 aliphatic rings. The number of nitrogens with two attached hydrogens (primary N) is 1. The van der Waals surface area contributed by atoms with Gasteiger partial charge in [0, 0.05) is 11.8 Å². The van der Waals surface area contributed by atoms with E-state index in [4.69, 9.17) is 22.1 Å². The summed E-state index contributed by atoms with van der Waals surface area (Å²) < 4.78 is 5.77. The molecule has 0 radical (unpaired) electrons. The highest BCUT2D eigenvalue weighted by Crippen LogP contribution is 2.28. The van der Waals surface area contributed by atoms with E-state index in [0.29, 0.717) is 10.8 Å². The molecule has 0 saturated carbocycles. The van der Waals surface area contributed by atoms with E-state index >= 15 is 0 Å². The van der Waals surface area contributed by atoms with Gasteiger partial charge in [0.05, 0.1) is 6.10 Å². The maximum atomic E-state index is 6.05. The second kappa shape index (κ2) is 6.43. The summed E-state index contributed by atoms with van der Waals surface area (Å²) in [4.78, 5) is 7.89. The van der Waals surface area contributed by atoms with Crippen LogP contribution in [0.25, 0.3) is 0 Å². The largest absolute Gasteiger partial charge is 0.491 e. The summed E-state index contributed by atoms with van der Waals surface area (Å²) in [6.45, 7) is 4.11. The SMILES string of the molecule is CCC(C)Oc1cccc(Nc2ncnc(N)c2Cl)c1. The van der Waals surface area contributed by atoms with Crippen LogP contribution >= 0.6 is 11.6 Å². The Morgan fingerprint density at radius 1 is 1.40 bits per heavy atom. The minimum absolute atomic E-state index is 0.170. The molecule has 0 bridgehead atoms. The summed E-state index contributed by atoms with van der Waals surface area (Å²) in [7, 11) is 0. The van der Waals surface area contributed by atoms with Crippen molar-refractivity contribution < 1.29 is 4.74 Å². The van der Waals surface area contributed by atoms with E-state index in [-0.39, 0.29) is 11.9 Å². The molecule has 1 atom stereocenters. The summed E-state index contributed by atoms with van der Waals surface area (Å²) in [6.07, 6.45) is 2.48. The maximum absolute atomic E-state index is 6.05. The molecule has 3 N–H and O–H groups in total. The summed E-state index contributed by atoms with van der Waals surface area (Å²) in [5.41, 5.74) is 6.47. The lowest BCUT2D eigenvalue weighted by Crippen LogP contribution is -2.09. The fourth-order valence-electron chi connectivity index (χ4n) is 1.57. The molecule has 20 heavy (non-hydrogen) atoms. The van der Waals surface area contributed by atoms with Crippen LogP contribution in [0.2, 0.25) is 5.02 Å². The fourth-order valence-corrected chi connectivity index (χ4v) is 1.71. The zero-order chi connectivity index (χ0) is 14.5. The molecule has 5 nitrogen and oxygen atoms in total. The highest BCUT2D eigenvalue weighted by molar-refractivity contribution is 6.35. The van der Waals surface area contributed by atoms with Crippen LogP contribution in [-0.4, -0.2) is 16.1 Å². The van der Waals surface area contributed by atoms with Crippen molar-refractivity contribution in [3.05, 3.63) is 35.6 Å². The highest BCUT2D eigenvalue weighted by Gasteiger charge is 2.07. The second-order valence-corrected chi connectivity index (χ2v) is 4.79. The highest BCUT2D eigenvalue weighted by atomic mass is 35.5. The molecule has 106 valence electrons. The topological polar surface area (TPSA) is 73.1 Å². The quantitative estimate of drug-likeness (QED) is 0.880. The number of halogens is 1. The molecule has 1 unspecified atom stereocenters. The van der Waals surface area contributed by atoms with Gasteiger partial charge in [-0.3, -0.25) is 0 Å². The van der Waals surface area contributed by atoms with Crippen LogP contribution in [0, 0.1) is 0 Å². The fraction of sp³-hybridized carbons (Fsp3) is 0.286. The minimum Gasteiger partial charge on any atom is -0.491 e. The lowest BCUT2D eigenvalue weighted by atomic mass is 10.2. The Morgan fingerprint density at radius 3 is 2.95 bits per heavy atom. The van der Waals surface area contributed by atoms with Crippen LogP contribution in [0.1, 0.15) is 20.3 Å². The zero-order valence-corrected chi connectivity index (χ0v) is 12.2. The summed E-state index contributed by atoms with van der Waals surface area (Å²) in [5, 5.41) is 3.41. The van der Waals surface area contributed by atoms with Crippen molar-refractivity contribution in [1.29, 1.82) is 0 Å². The standard InChI is InChI=1S/C14H17ClN4O/c1-3-9(2)20-11-6-4-5-10(7-11)19-14-12(15)13(16)17-8-18-14/h4-9H,3H2,1-2H3,(H3,16,17,18,19). The molecule has 0 saturated heterocycles. The normalized spacial score (nSPS) is 11.9. The molecule has 1 aromatic carbocycles. The van der Waals surface area contributed by atoms with Gasteiger partial charge < -0.3 is 15.8 Å². The van der Waals surface area contributed by atoms with Crippen molar-refractivity contribution in [1.82, 2.24) is 9.97 Å². The van der Waals surface area contributed by atoms with E-state index < -0.39 is 0 Å². The van der Waals surface area contributed by atoms with Crippen molar-refractivity contribution in [2.75, 3.05) is 11.1 Å². The first kappa shape index (κ1) is 14.4. The average Bonchev–Trinajstić information content (AvgIpc) is 2.44. The molecule has 0 amide bonds. The molecule has 0 spiro atoms. The third-order valence-corrected chi connectivity index (χ3v) is 3.20. The number of anilines is 3. The van der Waals surface area contributed by atoms with Crippen LogP contribution in [0.5, 0.6) is 5.75 Å². The van der Waals surface area contributed by atoms with Crippen LogP contribution < -0.4 is 15.8 Å². The van der Waals surface area contributed by atoms with Crippen molar-refractivity contribution >= 4 is 28.9 Å². The lowest BCUT2D eigenvalue weighted by molar-refractivity contribution is 0.217. The van der Waals surface area contributed by atoms with E-state index in [2.05, 4.69) is 22.2 Å². The number of aromatic nitrogens is 2. The van der Waals surface area contributed by atoms with Crippen LogP contribution in [-0.2, 0) is 0 Å². The van der Waals surface area contributed by atoms with Crippen LogP contribution in [0.3, 0.4) is 0 Å². The predicted octanol–water partition coefficient (Wildman–Crippen LogP) is 3.63. The molecule has 1 heterocycles. The first-order chi connectivity index (χ1) is 9.60. The third-order valence-electron chi connectivity index (χ3n) is 2.83. The summed E-state index contributed by atoms with van der Waals surface area (Å²) >= 11 is 6.05. The van der Waals surface area contributed by atoms with E-state index in [1.54, 1.807) is 0 Å². The molecular formula is C14H17ClN4O. The number of nitrogen functional groups attached to an aromatic ring is 1. The predicted molar refractivity (Wildman–Crippen MR) is 81.6 cm³/mol. The first-order valence-electron chi connectivity index (χ1n) is 6.40. The van der Waals surface area contributed by atoms with E-state index in [9.17, 15) is 0 Å². The van der Waals surface area contributed by atoms with Crippen molar-refractivity contribution in [2.24, 2.45) is 0 Å². The van der Waals surface area contributed by atoms with Gasteiger partial charge >= 0.3 is 0 Å². The van der Waals surface area contributed by atoms with Gasteiger partial charge in [0.15, 0.2) is 5.82 Å². The lowest BCUT2D eigenvalue weighted by Gasteiger charge is -2.14. The molecule has 0 fully saturated rings. The van der Waals surface area contributed by atoms with E-state index in [0.717, 1.165) is 17.9 Å². The number of hydrogen-bond donors (Lipinski definition) is 2. The number of nitrogens with one attached hydrogen (secondary N) is 1. The first-order valence-corrected chi connectivity index (χ1v) is 6.77. The Morgan fingerprint density at radius 2 is 2.20 bits per heavy atom. The number of hydrogen-bond acceptors (Lipinski definition) is 5. The van der Waals surface area contributed by atoms with Gasteiger partial charge in [-0.05, 0) is 25.5 Å². The van der Waals surface area contributed by atoms with Gasteiger partial charge in [-0.1, -0.05) is 24.6 Å². The Kier molecular flexibility index (Phi) is 4.63. The molecular weight excluding hydrogens is 276 g/mol. The number of ether oxygens (including phenoxy) is 1. The summed E-state index contributed by atoms with van der Waals surface area (Å²) in [6, 6.07) is 7.60. The Hall–Kier alpha value is -2.01. The molecule has 1 aromatic heterocycles. The third kappa shape index (κ3) is 3.51. The number of rotatable bonds is 5. The Labute approximate surface area is 123 Å². The van der Waals surface area contributed by atoms with Crippen molar-refractivity contribution in [3.63, 3.8) is 0 Å². The molecule has 2 rings (SSSR count). The molecule has 2 aromatic rings. The van der Waals surface area contributed by atoms with Gasteiger partial charge in [0.1, 0.15) is 22.9 Å². The van der Waals surface area contributed by atoms with E-state index in [1.807, 2.05) is 31.2 Å². The van der Waals surface area contributed by atoms with Gasteiger partial charge in [-0.25, -0.2) is 9.97 Å². The summed E-state index contributed by atoms with van der Waals surface area (Å²) in [5.74, 6) is 1.51. The number of nitrogens with zero attached hydrogens (tertiary/aromatic N) is 2. The molecule has 0 aliphatic carbocycles. The molecule has 6 heteroatoms. The van der Waals surface area contributed by atoms with E-state index in [1.165, 1.54) is 6.33 Å². The Bertz CT molecular complexity index is 591. The zero-order valence-electron chi connectivity index (χ0n) is 11.4.